The first-order valence-electron chi connectivity index (χ1n) is 6.04. The SMILES string of the molecule is CC(c1ccc(Br)cc1F)N1CCCC1CN. The molecule has 0 radical (unpaired) electrons. The summed E-state index contributed by atoms with van der Waals surface area (Å²) in [6.45, 7) is 3.72. The first kappa shape index (κ1) is 13.0. The molecule has 0 spiro atoms. The molecule has 1 aromatic carbocycles. The Hall–Kier alpha value is -0.450. The normalized spacial score (nSPS) is 22.9. The van der Waals surface area contributed by atoms with Crippen LogP contribution in [0.2, 0.25) is 0 Å². The van der Waals surface area contributed by atoms with Crippen molar-refractivity contribution in [2.75, 3.05) is 13.1 Å². The molecule has 0 saturated carbocycles. The van der Waals surface area contributed by atoms with E-state index in [0.717, 1.165) is 29.4 Å². The summed E-state index contributed by atoms with van der Waals surface area (Å²) in [5, 5.41) is 0. The van der Waals surface area contributed by atoms with Gasteiger partial charge < -0.3 is 5.73 Å². The standard InChI is InChI=1S/C13H18BrFN2/c1-9(17-6-2-3-11(17)8-16)12-5-4-10(14)7-13(12)15/h4-5,7,9,11H,2-3,6,8,16H2,1H3. The van der Waals surface area contributed by atoms with E-state index in [-0.39, 0.29) is 11.9 Å². The van der Waals surface area contributed by atoms with Gasteiger partial charge >= 0.3 is 0 Å². The fourth-order valence-corrected chi connectivity index (χ4v) is 2.97. The third-order valence-corrected chi connectivity index (χ3v) is 4.10. The highest BCUT2D eigenvalue weighted by Gasteiger charge is 2.29. The van der Waals surface area contributed by atoms with Gasteiger partial charge in [0, 0.05) is 28.7 Å². The molecule has 0 aromatic heterocycles. The minimum atomic E-state index is -0.144. The molecule has 1 aliphatic rings. The maximum atomic E-state index is 13.9. The zero-order chi connectivity index (χ0) is 12.4. The Morgan fingerprint density at radius 2 is 2.35 bits per heavy atom. The Morgan fingerprint density at radius 3 is 3.00 bits per heavy atom. The summed E-state index contributed by atoms with van der Waals surface area (Å²) in [7, 11) is 0. The molecule has 2 nitrogen and oxygen atoms in total. The molecule has 0 aliphatic carbocycles. The van der Waals surface area contributed by atoms with Gasteiger partial charge in [-0.05, 0) is 38.4 Å². The van der Waals surface area contributed by atoms with E-state index >= 15 is 0 Å². The highest BCUT2D eigenvalue weighted by molar-refractivity contribution is 9.10. The highest BCUT2D eigenvalue weighted by atomic mass is 79.9. The Balaban J connectivity index is 2.21. The number of nitrogens with two attached hydrogens (primary N) is 1. The fourth-order valence-electron chi connectivity index (χ4n) is 2.64. The van der Waals surface area contributed by atoms with Crippen molar-refractivity contribution in [1.82, 2.24) is 4.90 Å². The zero-order valence-electron chi connectivity index (χ0n) is 10.00. The molecule has 2 N–H and O–H groups in total. The van der Waals surface area contributed by atoms with Crippen molar-refractivity contribution >= 4 is 15.9 Å². The maximum absolute atomic E-state index is 13.9. The van der Waals surface area contributed by atoms with Crippen LogP contribution in [0.25, 0.3) is 0 Å². The molecule has 0 bridgehead atoms. The van der Waals surface area contributed by atoms with Crippen molar-refractivity contribution in [2.24, 2.45) is 5.73 Å². The number of likely N-dealkylation sites (tertiary alicyclic amines) is 1. The van der Waals surface area contributed by atoms with E-state index in [2.05, 4.69) is 27.8 Å². The van der Waals surface area contributed by atoms with Gasteiger partial charge in [0.15, 0.2) is 0 Å². The third-order valence-electron chi connectivity index (χ3n) is 3.60. The lowest BCUT2D eigenvalue weighted by Crippen LogP contribution is -2.37. The zero-order valence-corrected chi connectivity index (χ0v) is 11.6. The van der Waals surface area contributed by atoms with Crippen LogP contribution in [-0.2, 0) is 0 Å². The molecular weight excluding hydrogens is 283 g/mol. The summed E-state index contributed by atoms with van der Waals surface area (Å²) < 4.78 is 14.7. The average Bonchev–Trinajstić information content (AvgIpc) is 2.76. The average molecular weight is 301 g/mol. The molecule has 1 fully saturated rings. The van der Waals surface area contributed by atoms with Crippen molar-refractivity contribution in [3.05, 3.63) is 34.1 Å². The van der Waals surface area contributed by atoms with E-state index in [0.29, 0.717) is 12.6 Å². The van der Waals surface area contributed by atoms with Crippen molar-refractivity contribution in [3.8, 4) is 0 Å². The molecule has 1 heterocycles. The Kier molecular flexibility index (Phi) is 4.17. The molecule has 2 atom stereocenters. The number of nitrogens with zero attached hydrogens (tertiary/aromatic N) is 1. The Bertz CT molecular complexity index is 397. The van der Waals surface area contributed by atoms with Crippen LogP contribution >= 0.6 is 15.9 Å². The molecule has 1 aliphatic heterocycles. The van der Waals surface area contributed by atoms with Crippen LogP contribution in [0.15, 0.2) is 22.7 Å². The highest BCUT2D eigenvalue weighted by Crippen LogP contribution is 2.30. The van der Waals surface area contributed by atoms with Gasteiger partial charge in [-0.25, -0.2) is 4.39 Å². The molecule has 2 unspecified atom stereocenters. The van der Waals surface area contributed by atoms with Crippen LogP contribution in [-0.4, -0.2) is 24.0 Å². The van der Waals surface area contributed by atoms with E-state index in [1.54, 1.807) is 0 Å². The summed E-state index contributed by atoms with van der Waals surface area (Å²) in [4.78, 5) is 2.31. The lowest BCUT2D eigenvalue weighted by atomic mass is 10.1. The first-order chi connectivity index (χ1) is 8.13. The van der Waals surface area contributed by atoms with Gasteiger partial charge in [0.2, 0.25) is 0 Å². The summed E-state index contributed by atoms with van der Waals surface area (Å²) in [5.74, 6) is -0.144. The Labute approximate surface area is 110 Å². The predicted molar refractivity (Wildman–Crippen MR) is 71.3 cm³/mol. The number of hydrogen-bond acceptors (Lipinski definition) is 2. The lowest BCUT2D eigenvalue weighted by molar-refractivity contribution is 0.193. The monoisotopic (exact) mass is 300 g/mol. The van der Waals surface area contributed by atoms with Crippen LogP contribution < -0.4 is 5.73 Å². The molecule has 0 amide bonds. The quantitative estimate of drug-likeness (QED) is 0.929. The smallest absolute Gasteiger partial charge is 0.129 e. The molecule has 2 rings (SSSR count). The number of benzene rings is 1. The summed E-state index contributed by atoms with van der Waals surface area (Å²) in [6, 6.07) is 5.77. The summed E-state index contributed by atoms with van der Waals surface area (Å²) in [5.41, 5.74) is 6.52. The van der Waals surface area contributed by atoms with E-state index in [4.69, 9.17) is 5.73 Å². The molecule has 94 valence electrons. The van der Waals surface area contributed by atoms with Crippen molar-refractivity contribution in [3.63, 3.8) is 0 Å². The van der Waals surface area contributed by atoms with Crippen LogP contribution in [0.3, 0.4) is 0 Å². The van der Waals surface area contributed by atoms with Gasteiger partial charge in [0.25, 0.3) is 0 Å². The van der Waals surface area contributed by atoms with Gasteiger partial charge in [0.1, 0.15) is 5.82 Å². The second-order valence-corrected chi connectivity index (χ2v) is 5.53. The second-order valence-electron chi connectivity index (χ2n) is 4.61. The van der Waals surface area contributed by atoms with E-state index in [1.165, 1.54) is 6.07 Å². The van der Waals surface area contributed by atoms with Gasteiger partial charge in [-0.15, -0.1) is 0 Å². The van der Waals surface area contributed by atoms with E-state index < -0.39 is 0 Å². The first-order valence-corrected chi connectivity index (χ1v) is 6.83. The van der Waals surface area contributed by atoms with Crippen LogP contribution in [0.5, 0.6) is 0 Å². The lowest BCUT2D eigenvalue weighted by Gasteiger charge is -2.30. The molecule has 4 heteroatoms. The molecular formula is C13H18BrFN2. The van der Waals surface area contributed by atoms with Crippen molar-refractivity contribution in [2.45, 2.75) is 31.8 Å². The molecule has 1 saturated heterocycles. The van der Waals surface area contributed by atoms with Crippen LogP contribution in [0, 0.1) is 5.82 Å². The molecule has 17 heavy (non-hydrogen) atoms. The largest absolute Gasteiger partial charge is 0.329 e. The van der Waals surface area contributed by atoms with Crippen molar-refractivity contribution in [1.29, 1.82) is 0 Å². The van der Waals surface area contributed by atoms with Gasteiger partial charge in [-0.3, -0.25) is 4.90 Å². The fraction of sp³-hybridized carbons (Fsp3) is 0.538. The number of halogens is 2. The van der Waals surface area contributed by atoms with Gasteiger partial charge in [0.05, 0.1) is 0 Å². The summed E-state index contributed by atoms with van der Waals surface area (Å²) in [6.07, 6.45) is 2.28. The predicted octanol–water partition coefficient (Wildman–Crippen LogP) is 3.07. The van der Waals surface area contributed by atoms with Crippen LogP contribution in [0.4, 0.5) is 4.39 Å². The summed E-state index contributed by atoms with van der Waals surface area (Å²) >= 11 is 3.28. The Morgan fingerprint density at radius 1 is 1.59 bits per heavy atom. The molecule has 1 aromatic rings. The van der Waals surface area contributed by atoms with E-state index in [9.17, 15) is 4.39 Å². The third kappa shape index (κ3) is 2.69. The van der Waals surface area contributed by atoms with E-state index in [1.807, 2.05) is 12.1 Å². The second kappa shape index (κ2) is 5.46. The minimum absolute atomic E-state index is 0.0964. The van der Waals surface area contributed by atoms with Gasteiger partial charge in [-0.2, -0.15) is 0 Å². The topological polar surface area (TPSA) is 29.3 Å². The number of hydrogen-bond donors (Lipinski definition) is 1. The van der Waals surface area contributed by atoms with Gasteiger partial charge in [-0.1, -0.05) is 22.0 Å². The maximum Gasteiger partial charge on any atom is 0.129 e. The number of rotatable bonds is 3. The van der Waals surface area contributed by atoms with Crippen molar-refractivity contribution < 1.29 is 4.39 Å². The minimum Gasteiger partial charge on any atom is -0.329 e. The van der Waals surface area contributed by atoms with Crippen LogP contribution in [0.1, 0.15) is 31.4 Å².